The van der Waals surface area contributed by atoms with Crippen molar-refractivity contribution in [2.24, 2.45) is 5.92 Å². The lowest BCUT2D eigenvalue weighted by atomic mass is 9.79. The van der Waals surface area contributed by atoms with Gasteiger partial charge in [-0.15, -0.1) is 0 Å². The molecular weight excluding hydrogens is 124 g/mol. The van der Waals surface area contributed by atoms with E-state index < -0.39 is 0 Å². The van der Waals surface area contributed by atoms with E-state index in [0.717, 1.165) is 18.8 Å². The quantitative estimate of drug-likeness (QED) is 0.595. The van der Waals surface area contributed by atoms with E-state index in [4.69, 9.17) is 0 Å². The molecule has 0 atom stereocenters. The molecular formula is C9H18O. The van der Waals surface area contributed by atoms with Crippen molar-refractivity contribution in [1.29, 1.82) is 0 Å². The molecule has 0 radical (unpaired) electrons. The number of hydrogen-bond donors (Lipinski definition) is 1. The highest BCUT2D eigenvalue weighted by atomic mass is 16.3. The van der Waals surface area contributed by atoms with Gasteiger partial charge in [-0.3, -0.25) is 0 Å². The van der Waals surface area contributed by atoms with Crippen LogP contribution in [0, 0.1) is 5.92 Å². The smallest absolute Gasteiger partial charge is 0.0620 e. The first kappa shape index (κ1) is 8.06. The van der Waals surface area contributed by atoms with Crippen LogP contribution in [0.2, 0.25) is 0 Å². The van der Waals surface area contributed by atoms with Crippen LogP contribution in [0.3, 0.4) is 0 Å². The lowest BCUT2D eigenvalue weighted by molar-refractivity contribution is 0.00763. The van der Waals surface area contributed by atoms with Crippen LogP contribution in [0.25, 0.3) is 0 Å². The molecule has 1 fully saturated rings. The predicted molar refractivity (Wildman–Crippen MR) is 42.9 cm³/mol. The summed E-state index contributed by atoms with van der Waals surface area (Å²) in [6.45, 7) is 4.20. The van der Waals surface area contributed by atoms with Gasteiger partial charge in [0.15, 0.2) is 0 Å². The van der Waals surface area contributed by atoms with Gasteiger partial charge < -0.3 is 5.11 Å². The van der Waals surface area contributed by atoms with E-state index in [1.165, 1.54) is 19.3 Å². The summed E-state index contributed by atoms with van der Waals surface area (Å²) in [5.41, 5.74) is -0.342. The highest BCUT2D eigenvalue weighted by Crippen LogP contribution is 2.32. The van der Waals surface area contributed by atoms with Gasteiger partial charge in [0.2, 0.25) is 0 Å². The van der Waals surface area contributed by atoms with Crippen LogP contribution in [-0.4, -0.2) is 10.7 Å². The maximum absolute atomic E-state index is 9.59. The standard InChI is InChI=1S/C9H18O/c1-3-8-4-6-9(2,10)7-5-8/h8,10H,3-7H2,1-2H3/t8-,9-. The Balaban J connectivity index is 2.31. The van der Waals surface area contributed by atoms with Crippen LogP contribution >= 0.6 is 0 Å². The normalized spacial score (nSPS) is 41.7. The fraction of sp³-hybridized carbons (Fsp3) is 1.00. The number of rotatable bonds is 1. The third-order valence-electron chi connectivity index (χ3n) is 2.76. The van der Waals surface area contributed by atoms with Crippen LogP contribution < -0.4 is 0 Å². The molecule has 0 heterocycles. The molecule has 1 N–H and O–H groups in total. The van der Waals surface area contributed by atoms with Crippen LogP contribution in [0.1, 0.15) is 46.0 Å². The molecule has 1 nitrogen and oxygen atoms in total. The van der Waals surface area contributed by atoms with Crippen LogP contribution in [-0.2, 0) is 0 Å². The average molecular weight is 142 g/mol. The zero-order chi connectivity index (χ0) is 7.61. The highest BCUT2D eigenvalue weighted by molar-refractivity contribution is 4.80. The average Bonchev–Trinajstić information content (AvgIpc) is 1.88. The van der Waals surface area contributed by atoms with E-state index in [-0.39, 0.29) is 5.60 Å². The molecule has 0 amide bonds. The minimum atomic E-state index is -0.342. The summed E-state index contributed by atoms with van der Waals surface area (Å²) >= 11 is 0. The molecule has 0 aromatic carbocycles. The van der Waals surface area contributed by atoms with Gasteiger partial charge in [-0.2, -0.15) is 0 Å². The van der Waals surface area contributed by atoms with E-state index in [0.29, 0.717) is 0 Å². The van der Waals surface area contributed by atoms with Crippen molar-refractivity contribution in [3.8, 4) is 0 Å². The van der Waals surface area contributed by atoms with E-state index in [1.807, 2.05) is 6.92 Å². The van der Waals surface area contributed by atoms with E-state index in [2.05, 4.69) is 6.92 Å². The Kier molecular flexibility index (Phi) is 2.35. The van der Waals surface area contributed by atoms with Crippen molar-refractivity contribution in [1.82, 2.24) is 0 Å². The van der Waals surface area contributed by atoms with Gasteiger partial charge in [-0.05, 0) is 38.5 Å². The van der Waals surface area contributed by atoms with Gasteiger partial charge in [0.25, 0.3) is 0 Å². The van der Waals surface area contributed by atoms with Crippen LogP contribution in [0.15, 0.2) is 0 Å². The van der Waals surface area contributed by atoms with Gasteiger partial charge in [0.05, 0.1) is 5.60 Å². The van der Waals surface area contributed by atoms with Crippen molar-refractivity contribution >= 4 is 0 Å². The second-order valence-electron chi connectivity index (χ2n) is 3.85. The molecule has 0 bridgehead atoms. The number of aliphatic hydroxyl groups is 1. The molecule has 1 aliphatic carbocycles. The number of hydrogen-bond acceptors (Lipinski definition) is 1. The second kappa shape index (κ2) is 2.91. The second-order valence-corrected chi connectivity index (χ2v) is 3.85. The van der Waals surface area contributed by atoms with Crippen molar-refractivity contribution in [3.05, 3.63) is 0 Å². The molecule has 1 aliphatic rings. The summed E-state index contributed by atoms with van der Waals surface area (Å²) in [5, 5.41) is 9.59. The van der Waals surface area contributed by atoms with Gasteiger partial charge in [-0.1, -0.05) is 13.3 Å². The molecule has 1 heteroatoms. The Hall–Kier alpha value is -0.0400. The monoisotopic (exact) mass is 142 g/mol. The Labute approximate surface area is 63.4 Å². The van der Waals surface area contributed by atoms with E-state index in [9.17, 15) is 5.11 Å². The Morgan fingerprint density at radius 3 is 2.30 bits per heavy atom. The summed E-state index contributed by atoms with van der Waals surface area (Å²) in [5.74, 6) is 0.889. The molecule has 0 unspecified atom stereocenters. The summed E-state index contributed by atoms with van der Waals surface area (Å²) in [4.78, 5) is 0. The van der Waals surface area contributed by atoms with Gasteiger partial charge in [0.1, 0.15) is 0 Å². The predicted octanol–water partition coefficient (Wildman–Crippen LogP) is 2.34. The summed E-state index contributed by atoms with van der Waals surface area (Å²) in [7, 11) is 0. The summed E-state index contributed by atoms with van der Waals surface area (Å²) < 4.78 is 0. The Morgan fingerprint density at radius 2 is 1.90 bits per heavy atom. The lowest BCUT2D eigenvalue weighted by Crippen LogP contribution is -2.30. The molecule has 0 aromatic rings. The molecule has 10 heavy (non-hydrogen) atoms. The summed E-state index contributed by atoms with van der Waals surface area (Å²) in [6.07, 6.45) is 5.75. The van der Waals surface area contributed by atoms with Crippen molar-refractivity contribution in [2.75, 3.05) is 0 Å². The highest BCUT2D eigenvalue weighted by Gasteiger charge is 2.27. The van der Waals surface area contributed by atoms with Gasteiger partial charge >= 0.3 is 0 Å². The SMILES string of the molecule is CC[C@H]1CC[C@](C)(O)CC1. The van der Waals surface area contributed by atoms with Gasteiger partial charge in [0, 0.05) is 0 Å². The third-order valence-corrected chi connectivity index (χ3v) is 2.76. The first-order valence-corrected chi connectivity index (χ1v) is 4.36. The topological polar surface area (TPSA) is 20.2 Å². The van der Waals surface area contributed by atoms with E-state index >= 15 is 0 Å². The molecule has 1 saturated carbocycles. The Bertz CT molecular complexity index is 97.3. The lowest BCUT2D eigenvalue weighted by Gasteiger charge is -2.32. The molecule has 0 spiro atoms. The zero-order valence-electron chi connectivity index (χ0n) is 7.06. The molecule has 1 rings (SSSR count). The van der Waals surface area contributed by atoms with Gasteiger partial charge in [-0.25, -0.2) is 0 Å². The summed E-state index contributed by atoms with van der Waals surface area (Å²) in [6, 6.07) is 0. The zero-order valence-corrected chi connectivity index (χ0v) is 7.06. The fourth-order valence-electron chi connectivity index (χ4n) is 1.71. The molecule has 0 saturated heterocycles. The van der Waals surface area contributed by atoms with Crippen molar-refractivity contribution in [3.63, 3.8) is 0 Å². The molecule has 0 aliphatic heterocycles. The van der Waals surface area contributed by atoms with Crippen molar-refractivity contribution in [2.45, 2.75) is 51.6 Å². The first-order chi connectivity index (χ1) is 4.64. The molecule has 60 valence electrons. The Morgan fingerprint density at radius 1 is 1.40 bits per heavy atom. The minimum absolute atomic E-state index is 0.342. The van der Waals surface area contributed by atoms with Crippen LogP contribution in [0.5, 0.6) is 0 Å². The maximum atomic E-state index is 9.59. The van der Waals surface area contributed by atoms with Crippen molar-refractivity contribution < 1.29 is 5.11 Å². The third kappa shape index (κ3) is 1.98. The van der Waals surface area contributed by atoms with E-state index in [1.54, 1.807) is 0 Å². The first-order valence-electron chi connectivity index (χ1n) is 4.36. The maximum Gasteiger partial charge on any atom is 0.0620 e. The minimum Gasteiger partial charge on any atom is -0.390 e. The molecule has 0 aromatic heterocycles. The van der Waals surface area contributed by atoms with Crippen LogP contribution in [0.4, 0.5) is 0 Å². The fourth-order valence-corrected chi connectivity index (χ4v) is 1.71. The largest absolute Gasteiger partial charge is 0.390 e.